The van der Waals surface area contributed by atoms with Crippen LogP contribution in [0.5, 0.6) is 11.5 Å². The van der Waals surface area contributed by atoms with E-state index in [0.29, 0.717) is 5.75 Å². The predicted octanol–water partition coefficient (Wildman–Crippen LogP) is 2.46. The third kappa shape index (κ3) is 4.85. The number of hydrogen-bond donors (Lipinski definition) is 2. The van der Waals surface area contributed by atoms with Gasteiger partial charge in [-0.2, -0.15) is 13.2 Å². The van der Waals surface area contributed by atoms with Gasteiger partial charge < -0.3 is 20.5 Å². The number of amides is 1. The van der Waals surface area contributed by atoms with E-state index in [1.165, 1.54) is 43.6 Å². The standard InChI is InChI=1S/C17H18F3N3O3/c1-25-12-4-5-13(14(9-12)26-8-6-21)16(24)23-15(17(18,19)20)11-3-2-7-22-10-11/h2-5,7,9-10,15H,6,8,21H2,1H3,(H,23,24)/t15-/m1/s1. The number of aromatic nitrogens is 1. The lowest BCUT2D eigenvalue weighted by Crippen LogP contribution is -2.38. The second-order valence-electron chi connectivity index (χ2n) is 5.23. The normalized spacial score (nSPS) is 12.3. The summed E-state index contributed by atoms with van der Waals surface area (Å²) in [5.74, 6) is -0.460. The lowest BCUT2D eigenvalue weighted by molar-refractivity contribution is -0.155. The maximum absolute atomic E-state index is 13.4. The van der Waals surface area contributed by atoms with Gasteiger partial charge in [-0.05, 0) is 18.2 Å². The highest BCUT2D eigenvalue weighted by Gasteiger charge is 2.42. The molecule has 1 aromatic carbocycles. The van der Waals surface area contributed by atoms with Gasteiger partial charge in [0.05, 0.1) is 12.7 Å². The summed E-state index contributed by atoms with van der Waals surface area (Å²) in [6, 6.07) is 4.60. The molecule has 0 aliphatic rings. The van der Waals surface area contributed by atoms with Crippen molar-refractivity contribution >= 4 is 5.91 Å². The van der Waals surface area contributed by atoms with Crippen molar-refractivity contribution in [3.05, 3.63) is 53.9 Å². The van der Waals surface area contributed by atoms with Crippen molar-refractivity contribution in [1.82, 2.24) is 10.3 Å². The summed E-state index contributed by atoms with van der Waals surface area (Å²) in [6.45, 7) is 0.276. The second kappa shape index (κ2) is 8.52. The number of nitrogens with two attached hydrogens (primary N) is 1. The summed E-state index contributed by atoms with van der Waals surface area (Å²) >= 11 is 0. The van der Waals surface area contributed by atoms with Crippen LogP contribution in [0.4, 0.5) is 13.2 Å². The second-order valence-corrected chi connectivity index (χ2v) is 5.23. The number of hydrogen-bond acceptors (Lipinski definition) is 5. The third-order valence-electron chi connectivity index (χ3n) is 3.43. The van der Waals surface area contributed by atoms with Crippen LogP contribution in [-0.4, -0.2) is 37.3 Å². The van der Waals surface area contributed by atoms with E-state index >= 15 is 0 Å². The molecule has 26 heavy (non-hydrogen) atoms. The summed E-state index contributed by atoms with van der Waals surface area (Å²) in [5.41, 5.74) is 5.14. The summed E-state index contributed by atoms with van der Waals surface area (Å²) in [4.78, 5) is 16.1. The number of rotatable bonds is 7. The number of methoxy groups -OCH3 is 1. The first-order valence-corrected chi connectivity index (χ1v) is 7.65. The van der Waals surface area contributed by atoms with Gasteiger partial charge >= 0.3 is 6.18 Å². The molecule has 0 saturated heterocycles. The minimum atomic E-state index is -4.69. The SMILES string of the molecule is COc1ccc(C(=O)N[C@H](c2cccnc2)C(F)(F)F)c(OCCN)c1. The lowest BCUT2D eigenvalue weighted by atomic mass is 10.1. The number of carbonyl (C=O) groups excluding carboxylic acids is 1. The molecule has 1 aromatic heterocycles. The van der Waals surface area contributed by atoms with Gasteiger partial charge in [0, 0.05) is 30.6 Å². The van der Waals surface area contributed by atoms with E-state index in [4.69, 9.17) is 15.2 Å². The molecule has 0 saturated carbocycles. The Morgan fingerprint density at radius 3 is 2.69 bits per heavy atom. The van der Waals surface area contributed by atoms with Gasteiger partial charge in [-0.25, -0.2) is 0 Å². The number of ether oxygens (including phenoxy) is 2. The minimum absolute atomic E-state index is 0.0580. The monoisotopic (exact) mass is 369 g/mol. The van der Waals surface area contributed by atoms with Gasteiger partial charge in [0.1, 0.15) is 18.1 Å². The minimum Gasteiger partial charge on any atom is -0.497 e. The van der Waals surface area contributed by atoms with E-state index in [0.717, 1.165) is 6.20 Å². The Kier molecular flexibility index (Phi) is 6.40. The van der Waals surface area contributed by atoms with Crippen LogP contribution >= 0.6 is 0 Å². The lowest BCUT2D eigenvalue weighted by Gasteiger charge is -2.22. The van der Waals surface area contributed by atoms with E-state index in [-0.39, 0.29) is 30.0 Å². The zero-order valence-corrected chi connectivity index (χ0v) is 13.9. The van der Waals surface area contributed by atoms with Crippen molar-refractivity contribution in [1.29, 1.82) is 0 Å². The average Bonchev–Trinajstić information content (AvgIpc) is 2.63. The number of nitrogens with zero attached hydrogens (tertiary/aromatic N) is 1. The van der Waals surface area contributed by atoms with Crippen molar-refractivity contribution in [2.75, 3.05) is 20.3 Å². The van der Waals surface area contributed by atoms with Crippen LogP contribution in [0, 0.1) is 0 Å². The highest BCUT2D eigenvalue weighted by atomic mass is 19.4. The fourth-order valence-electron chi connectivity index (χ4n) is 2.22. The van der Waals surface area contributed by atoms with Crippen molar-refractivity contribution in [3.63, 3.8) is 0 Å². The third-order valence-corrected chi connectivity index (χ3v) is 3.43. The van der Waals surface area contributed by atoms with Crippen LogP contribution in [0.2, 0.25) is 0 Å². The molecule has 1 heterocycles. The maximum atomic E-state index is 13.4. The topological polar surface area (TPSA) is 86.5 Å². The number of pyridine rings is 1. The van der Waals surface area contributed by atoms with E-state index in [2.05, 4.69) is 4.98 Å². The van der Waals surface area contributed by atoms with Crippen molar-refractivity contribution in [3.8, 4) is 11.5 Å². The fraction of sp³-hybridized carbons (Fsp3) is 0.294. The Balaban J connectivity index is 2.32. The predicted molar refractivity (Wildman–Crippen MR) is 88.0 cm³/mol. The Bertz CT molecular complexity index is 739. The maximum Gasteiger partial charge on any atom is 0.412 e. The van der Waals surface area contributed by atoms with Crippen LogP contribution in [0.1, 0.15) is 22.0 Å². The largest absolute Gasteiger partial charge is 0.497 e. The summed E-state index contributed by atoms with van der Waals surface area (Å²) in [7, 11) is 1.42. The van der Waals surface area contributed by atoms with Crippen LogP contribution < -0.4 is 20.5 Å². The van der Waals surface area contributed by atoms with Gasteiger partial charge in [-0.1, -0.05) is 6.07 Å². The van der Waals surface area contributed by atoms with Crippen LogP contribution in [0.15, 0.2) is 42.7 Å². The molecule has 1 atom stereocenters. The quantitative estimate of drug-likeness (QED) is 0.783. The van der Waals surface area contributed by atoms with Crippen LogP contribution in [0.25, 0.3) is 0 Å². The van der Waals surface area contributed by atoms with Gasteiger partial charge in [-0.3, -0.25) is 9.78 Å². The molecule has 0 aliphatic carbocycles. The summed E-state index contributed by atoms with van der Waals surface area (Å²) < 4.78 is 50.6. The average molecular weight is 369 g/mol. The molecule has 6 nitrogen and oxygen atoms in total. The molecule has 0 radical (unpaired) electrons. The molecule has 0 aliphatic heterocycles. The number of nitrogens with one attached hydrogen (secondary N) is 1. The van der Waals surface area contributed by atoms with Crippen molar-refractivity contribution < 1.29 is 27.4 Å². The smallest absolute Gasteiger partial charge is 0.412 e. The molecule has 2 rings (SSSR count). The molecule has 1 amide bonds. The Morgan fingerprint density at radius 2 is 2.12 bits per heavy atom. The van der Waals surface area contributed by atoms with Crippen molar-refractivity contribution in [2.24, 2.45) is 5.73 Å². The van der Waals surface area contributed by atoms with Gasteiger partial charge in [0.25, 0.3) is 5.91 Å². The number of halogens is 3. The summed E-state index contributed by atoms with van der Waals surface area (Å²) in [5, 5.41) is 1.99. The molecule has 0 spiro atoms. The van der Waals surface area contributed by atoms with Crippen LogP contribution in [-0.2, 0) is 0 Å². The molecule has 2 aromatic rings. The number of benzene rings is 1. The zero-order valence-electron chi connectivity index (χ0n) is 13.9. The first-order chi connectivity index (χ1) is 12.4. The molecule has 0 fully saturated rings. The molecule has 0 bridgehead atoms. The van der Waals surface area contributed by atoms with E-state index in [9.17, 15) is 18.0 Å². The van der Waals surface area contributed by atoms with Crippen molar-refractivity contribution in [2.45, 2.75) is 12.2 Å². The molecular formula is C17H18F3N3O3. The fourth-order valence-corrected chi connectivity index (χ4v) is 2.22. The highest BCUT2D eigenvalue weighted by molar-refractivity contribution is 5.97. The first kappa shape index (κ1) is 19.5. The molecular weight excluding hydrogens is 351 g/mol. The zero-order chi connectivity index (χ0) is 19.2. The summed E-state index contributed by atoms with van der Waals surface area (Å²) in [6.07, 6.45) is -2.29. The van der Waals surface area contributed by atoms with Gasteiger partial charge in [0.2, 0.25) is 0 Å². The molecule has 9 heteroatoms. The number of carbonyl (C=O) groups is 1. The number of alkyl halides is 3. The van der Waals surface area contributed by atoms with Gasteiger partial charge in [-0.15, -0.1) is 0 Å². The van der Waals surface area contributed by atoms with E-state index in [1.807, 2.05) is 5.32 Å². The van der Waals surface area contributed by atoms with E-state index < -0.39 is 18.1 Å². The Labute approximate surface area is 148 Å². The Morgan fingerprint density at radius 1 is 1.35 bits per heavy atom. The molecule has 0 unspecified atom stereocenters. The van der Waals surface area contributed by atoms with Crippen LogP contribution in [0.3, 0.4) is 0 Å². The molecule has 140 valence electrons. The van der Waals surface area contributed by atoms with Gasteiger partial charge in [0.15, 0.2) is 6.04 Å². The Hall–Kier alpha value is -2.81. The highest BCUT2D eigenvalue weighted by Crippen LogP contribution is 2.33. The molecule has 3 N–H and O–H groups in total. The van der Waals surface area contributed by atoms with E-state index in [1.54, 1.807) is 0 Å². The first-order valence-electron chi connectivity index (χ1n) is 7.65.